The molecule has 2 rings (SSSR count). The van der Waals surface area contributed by atoms with Gasteiger partial charge in [-0.1, -0.05) is 25.1 Å². The summed E-state index contributed by atoms with van der Waals surface area (Å²) in [6.07, 6.45) is 0.510. The summed E-state index contributed by atoms with van der Waals surface area (Å²) in [6.45, 7) is 6.99. The minimum absolute atomic E-state index is 0.147. The van der Waals surface area contributed by atoms with Crippen molar-refractivity contribution >= 4 is 5.91 Å². The average molecular weight is 303 g/mol. The second-order valence-corrected chi connectivity index (χ2v) is 5.47. The maximum atomic E-state index is 12.1. The number of aromatic nitrogens is 2. The Bertz CT molecular complexity index is 623. The second-order valence-electron chi connectivity index (χ2n) is 5.47. The van der Waals surface area contributed by atoms with Crippen molar-refractivity contribution in [2.24, 2.45) is 5.92 Å². The van der Waals surface area contributed by atoms with Crippen LogP contribution in [0.25, 0.3) is 0 Å². The van der Waals surface area contributed by atoms with E-state index < -0.39 is 0 Å². The summed E-state index contributed by atoms with van der Waals surface area (Å²) in [5.74, 6) is 2.11. The van der Waals surface area contributed by atoms with Gasteiger partial charge in [-0.25, -0.2) is 0 Å². The predicted octanol–water partition coefficient (Wildman–Crippen LogP) is 2.39. The Kier molecular flexibility index (Phi) is 5.52. The van der Waals surface area contributed by atoms with Crippen molar-refractivity contribution in [1.82, 2.24) is 15.5 Å². The molecule has 0 bridgehead atoms. The summed E-state index contributed by atoms with van der Waals surface area (Å²) in [5, 5.41) is 6.53. The molecule has 1 N–H and O–H groups in total. The van der Waals surface area contributed by atoms with Gasteiger partial charge in [0.15, 0.2) is 5.82 Å². The summed E-state index contributed by atoms with van der Waals surface area (Å²) in [4.78, 5) is 16.2. The third-order valence-electron chi connectivity index (χ3n) is 2.87. The van der Waals surface area contributed by atoms with Crippen molar-refractivity contribution in [2.45, 2.75) is 27.2 Å². The minimum atomic E-state index is -0.147. The van der Waals surface area contributed by atoms with E-state index in [1.165, 1.54) is 0 Å². The Morgan fingerprint density at radius 3 is 2.91 bits per heavy atom. The highest BCUT2D eigenvalue weighted by molar-refractivity contribution is 5.94. The van der Waals surface area contributed by atoms with Crippen molar-refractivity contribution in [2.75, 3.05) is 13.2 Å². The molecule has 0 atom stereocenters. The van der Waals surface area contributed by atoms with E-state index in [1.807, 2.05) is 12.1 Å². The van der Waals surface area contributed by atoms with Crippen molar-refractivity contribution in [3.05, 3.63) is 41.5 Å². The molecule has 1 aromatic carbocycles. The molecule has 0 saturated carbocycles. The molecular formula is C16H21N3O3. The topological polar surface area (TPSA) is 77.2 Å². The molecule has 1 aromatic heterocycles. The number of carbonyl (C=O) groups excluding carboxylic acids is 1. The first kappa shape index (κ1) is 16.0. The number of nitrogens with one attached hydrogen (secondary N) is 1. The molecular weight excluding hydrogens is 282 g/mol. The lowest BCUT2D eigenvalue weighted by molar-refractivity contribution is 0.0953. The highest BCUT2D eigenvalue weighted by atomic mass is 16.5. The SMILES string of the molecule is Cc1noc(CCNC(=O)c2cccc(OCC(C)C)c2)n1. The molecule has 0 fully saturated rings. The Morgan fingerprint density at radius 2 is 2.23 bits per heavy atom. The van der Waals surface area contributed by atoms with Crippen molar-refractivity contribution in [3.8, 4) is 5.75 Å². The zero-order valence-corrected chi connectivity index (χ0v) is 13.1. The summed E-state index contributed by atoms with van der Waals surface area (Å²) < 4.78 is 10.6. The van der Waals surface area contributed by atoms with E-state index in [9.17, 15) is 4.79 Å². The molecule has 6 heteroatoms. The average Bonchev–Trinajstić information content (AvgIpc) is 2.91. The van der Waals surface area contributed by atoms with Gasteiger partial charge in [0.2, 0.25) is 5.89 Å². The fourth-order valence-electron chi connectivity index (χ4n) is 1.82. The quantitative estimate of drug-likeness (QED) is 0.849. The summed E-state index contributed by atoms with van der Waals surface area (Å²) >= 11 is 0. The summed E-state index contributed by atoms with van der Waals surface area (Å²) in [5.41, 5.74) is 0.572. The highest BCUT2D eigenvalue weighted by Crippen LogP contribution is 2.14. The number of aryl methyl sites for hydroxylation is 1. The molecule has 1 heterocycles. The van der Waals surface area contributed by atoms with Gasteiger partial charge in [0, 0.05) is 18.5 Å². The van der Waals surface area contributed by atoms with Crippen molar-refractivity contribution < 1.29 is 14.1 Å². The van der Waals surface area contributed by atoms with Crippen LogP contribution < -0.4 is 10.1 Å². The van der Waals surface area contributed by atoms with E-state index in [-0.39, 0.29) is 5.91 Å². The van der Waals surface area contributed by atoms with Crippen LogP contribution in [0.2, 0.25) is 0 Å². The monoisotopic (exact) mass is 303 g/mol. The van der Waals surface area contributed by atoms with Gasteiger partial charge in [-0.3, -0.25) is 4.79 Å². The van der Waals surface area contributed by atoms with Gasteiger partial charge >= 0.3 is 0 Å². The number of ether oxygens (including phenoxy) is 1. The van der Waals surface area contributed by atoms with Crippen LogP contribution in [0.5, 0.6) is 5.75 Å². The third-order valence-corrected chi connectivity index (χ3v) is 2.87. The molecule has 1 amide bonds. The number of benzene rings is 1. The largest absolute Gasteiger partial charge is 0.493 e. The molecule has 118 valence electrons. The van der Waals surface area contributed by atoms with Crippen LogP contribution in [0.3, 0.4) is 0 Å². The van der Waals surface area contributed by atoms with E-state index in [0.29, 0.717) is 48.5 Å². The van der Waals surface area contributed by atoms with Crippen LogP contribution in [0.4, 0.5) is 0 Å². The number of carbonyl (C=O) groups is 1. The molecule has 0 unspecified atom stereocenters. The second kappa shape index (κ2) is 7.59. The Morgan fingerprint density at radius 1 is 1.41 bits per heavy atom. The van der Waals surface area contributed by atoms with Gasteiger partial charge in [-0.05, 0) is 31.0 Å². The standard InChI is InChI=1S/C16H21N3O3/c1-11(2)10-21-14-6-4-5-13(9-14)16(20)17-8-7-15-18-12(3)19-22-15/h4-6,9,11H,7-8,10H2,1-3H3,(H,17,20). The summed E-state index contributed by atoms with van der Waals surface area (Å²) in [6, 6.07) is 7.16. The smallest absolute Gasteiger partial charge is 0.251 e. The van der Waals surface area contributed by atoms with E-state index in [2.05, 4.69) is 29.3 Å². The van der Waals surface area contributed by atoms with Crippen molar-refractivity contribution in [1.29, 1.82) is 0 Å². The van der Waals surface area contributed by atoms with Gasteiger partial charge in [-0.15, -0.1) is 0 Å². The molecule has 0 spiro atoms. The molecule has 0 aliphatic heterocycles. The molecule has 6 nitrogen and oxygen atoms in total. The van der Waals surface area contributed by atoms with Gasteiger partial charge in [0.05, 0.1) is 6.61 Å². The van der Waals surface area contributed by atoms with Crippen LogP contribution in [-0.2, 0) is 6.42 Å². The zero-order valence-electron chi connectivity index (χ0n) is 13.1. The minimum Gasteiger partial charge on any atom is -0.493 e. The maximum absolute atomic E-state index is 12.1. The first-order valence-corrected chi connectivity index (χ1v) is 7.35. The van der Waals surface area contributed by atoms with E-state index in [0.717, 1.165) is 0 Å². The van der Waals surface area contributed by atoms with Crippen LogP contribution in [0.1, 0.15) is 35.9 Å². The lowest BCUT2D eigenvalue weighted by atomic mass is 10.2. The first-order chi connectivity index (χ1) is 10.5. The summed E-state index contributed by atoms with van der Waals surface area (Å²) in [7, 11) is 0. The number of hydrogen-bond donors (Lipinski definition) is 1. The molecule has 2 aromatic rings. The normalized spacial score (nSPS) is 10.7. The Balaban J connectivity index is 1.85. The third kappa shape index (κ3) is 4.87. The number of hydrogen-bond acceptors (Lipinski definition) is 5. The fraction of sp³-hybridized carbons (Fsp3) is 0.438. The molecule has 0 aliphatic carbocycles. The Hall–Kier alpha value is -2.37. The number of amides is 1. The lowest BCUT2D eigenvalue weighted by Crippen LogP contribution is -2.25. The molecule has 0 saturated heterocycles. The Labute approximate surface area is 129 Å². The number of nitrogens with zero attached hydrogens (tertiary/aromatic N) is 2. The number of rotatable bonds is 7. The van der Waals surface area contributed by atoms with Crippen LogP contribution >= 0.6 is 0 Å². The van der Waals surface area contributed by atoms with Gasteiger partial charge in [-0.2, -0.15) is 4.98 Å². The van der Waals surface area contributed by atoms with E-state index in [1.54, 1.807) is 19.1 Å². The van der Waals surface area contributed by atoms with Crippen LogP contribution in [0.15, 0.2) is 28.8 Å². The van der Waals surface area contributed by atoms with E-state index in [4.69, 9.17) is 9.26 Å². The molecule has 0 aliphatic rings. The van der Waals surface area contributed by atoms with Gasteiger partial charge in [0.25, 0.3) is 5.91 Å². The van der Waals surface area contributed by atoms with E-state index >= 15 is 0 Å². The lowest BCUT2D eigenvalue weighted by Gasteiger charge is -2.10. The first-order valence-electron chi connectivity index (χ1n) is 7.35. The predicted molar refractivity (Wildman–Crippen MR) is 81.8 cm³/mol. The molecule has 22 heavy (non-hydrogen) atoms. The van der Waals surface area contributed by atoms with Gasteiger partial charge < -0.3 is 14.6 Å². The molecule has 0 radical (unpaired) electrons. The van der Waals surface area contributed by atoms with Crippen LogP contribution in [-0.4, -0.2) is 29.2 Å². The van der Waals surface area contributed by atoms with Crippen LogP contribution in [0, 0.1) is 12.8 Å². The fourth-order valence-corrected chi connectivity index (χ4v) is 1.82. The maximum Gasteiger partial charge on any atom is 0.251 e. The van der Waals surface area contributed by atoms with Crippen molar-refractivity contribution in [3.63, 3.8) is 0 Å². The zero-order chi connectivity index (χ0) is 15.9. The van der Waals surface area contributed by atoms with Gasteiger partial charge in [0.1, 0.15) is 5.75 Å². The highest BCUT2D eigenvalue weighted by Gasteiger charge is 2.08.